The van der Waals surface area contributed by atoms with Gasteiger partial charge in [0.1, 0.15) is 5.15 Å². The smallest absolute Gasteiger partial charge is 0.256 e. The van der Waals surface area contributed by atoms with E-state index >= 15 is 0 Å². The monoisotopic (exact) mass is 307 g/mol. The molecule has 1 heterocycles. The van der Waals surface area contributed by atoms with Crippen molar-refractivity contribution in [2.24, 2.45) is 7.05 Å². The predicted molar refractivity (Wildman–Crippen MR) is 81.4 cm³/mol. The number of rotatable bonds is 4. The molecule has 2 N–H and O–H groups in total. The fourth-order valence-corrected chi connectivity index (χ4v) is 2.50. The summed E-state index contributed by atoms with van der Waals surface area (Å²) in [6.07, 6.45) is -0.758. The van der Waals surface area contributed by atoms with Crippen molar-refractivity contribution < 1.29 is 9.90 Å². The minimum absolute atomic E-state index is 0.119. The molecule has 1 unspecified atom stereocenters. The van der Waals surface area contributed by atoms with Crippen LogP contribution >= 0.6 is 11.6 Å². The lowest BCUT2D eigenvalue weighted by atomic mass is 10.0. The summed E-state index contributed by atoms with van der Waals surface area (Å²) in [4.78, 5) is 12.2. The number of hydrogen-bond acceptors (Lipinski definition) is 3. The van der Waals surface area contributed by atoms with Gasteiger partial charge in [-0.15, -0.1) is 0 Å². The molecule has 1 amide bonds. The fraction of sp³-hybridized carbons (Fsp3) is 0.333. The number of aryl methyl sites for hydroxylation is 3. The molecule has 0 bridgehead atoms. The van der Waals surface area contributed by atoms with E-state index in [9.17, 15) is 9.90 Å². The van der Waals surface area contributed by atoms with Gasteiger partial charge in [0, 0.05) is 13.6 Å². The molecule has 5 nitrogen and oxygen atoms in total. The number of nitrogens with one attached hydrogen (secondary N) is 1. The van der Waals surface area contributed by atoms with Crippen LogP contribution in [0.4, 0.5) is 0 Å². The second-order valence-electron chi connectivity index (χ2n) is 4.96. The molecule has 0 aliphatic carbocycles. The maximum atomic E-state index is 12.2. The van der Waals surface area contributed by atoms with Gasteiger partial charge in [0.25, 0.3) is 5.91 Å². The Labute approximate surface area is 128 Å². The summed E-state index contributed by atoms with van der Waals surface area (Å²) in [5.41, 5.74) is 2.68. The van der Waals surface area contributed by atoms with E-state index in [2.05, 4.69) is 10.4 Å². The lowest BCUT2D eigenvalue weighted by molar-refractivity contribution is 0.0915. The van der Waals surface area contributed by atoms with Gasteiger partial charge in [-0.1, -0.05) is 35.9 Å². The predicted octanol–water partition coefficient (Wildman–Crippen LogP) is 2.15. The van der Waals surface area contributed by atoms with Gasteiger partial charge in [-0.3, -0.25) is 9.48 Å². The third kappa shape index (κ3) is 3.25. The van der Waals surface area contributed by atoms with Crippen molar-refractivity contribution in [3.8, 4) is 0 Å². The van der Waals surface area contributed by atoms with Gasteiger partial charge in [0.2, 0.25) is 0 Å². The highest BCUT2D eigenvalue weighted by atomic mass is 35.5. The Morgan fingerprint density at radius 1 is 1.43 bits per heavy atom. The second kappa shape index (κ2) is 6.28. The van der Waals surface area contributed by atoms with E-state index in [-0.39, 0.29) is 17.6 Å². The topological polar surface area (TPSA) is 67.2 Å². The van der Waals surface area contributed by atoms with Crippen molar-refractivity contribution in [2.45, 2.75) is 20.0 Å². The van der Waals surface area contributed by atoms with Crippen LogP contribution in [-0.2, 0) is 7.05 Å². The molecule has 21 heavy (non-hydrogen) atoms. The van der Waals surface area contributed by atoms with Gasteiger partial charge in [-0.2, -0.15) is 5.10 Å². The number of halogens is 1. The molecule has 2 aromatic rings. The summed E-state index contributed by atoms with van der Waals surface area (Å²) >= 11 is 6.04. The highest BCUT2D eigenvalue weighted by Crippen LogP contribution is 2.19. The Balaban J connectivity index is 2.06. The highest BCUT2D eigenvalue weighted by Gasteiger charge is 2.20. The SMILES string of the molecule is Cc1ccccc1C(O)CNC(=O)c1c(C)nn(C)c1Cl. The van der Waals surface area contributed by atoms with Crippen LogP contribution in [0.15, 0.2) is 24.3 Å². The van der Waals surface area contributed by atoms with Crippen LogP contribution in [0.2, 0.25) is 5.15 Å². The van der Waals surface area contributed by atoms with E-state index in [0.717, 1.165) is 11.1 Å². The summed E-state index contributed by atoms with van der Waals surface area (Å²) < 4.78 is 1.45. The van der Waals surface area contributed by atoms with E-state index in [0.29, 0.717) is 11.3 Å². The molecule has 1 aromatic heterocycles. The molecular weight excluding hydrogens is 290 g/mol. The molecule has 0 saturated heterocycles. The molecule has 0 saturated carbocycles. The number of aromatic nitrogens is 2. The molecule has 112 valence electrons. The molecule has 0 aliphatic rings. The van der Waals surface area contributed by atoms with Gasteiger partial charge >= 0.3 is 0 Å². The average molecular weight is 308 g/mol. The van der Waals surface area contributed by atoms with E-state index in [1.165, 1.54) is 4.68 Å². The molecule has 6 heteroatoms. The van der Waals surface area contributed by atoms with E-state index in [1.54, 1.807) is 14.0 Å². The molecule has 0 radical (unpaired) electrons. The molecule has 0 spiro atoms. The lowest BCUT2D eigenvalue weighted by Crippen LogP contribution is -2.29. The maximum Gasteiger partial charge on any atom is 0.256 e. The minimum Gasteiger partial charge on any atom is -0.387 e. The van der Waals surface area contributed by atoms with Crippen molar-refractivity contribution in [2.75, 3.05) is 6.54 Å². The number of carbonyl (C=O) groups excluding carboxylic acids is 1. The zero-order chi connectivity index (χ0) is 15.6. The summed E-state index contributed by atoms with van der Waals surface area (Å²) in [5.74, 6) is -0.335. The molecule has 1 atom stereocenters. The number of aliphatic hydroxyl groups excluding tert-OH is 1. The minimum atomic E-state index is -0.758. The number of amides is 1. The van der Waals surface area contributed by atoms with E-state index in [1.807, 2.05) is 31.2 Å². The third-order valence-electron chi connectivity index (χ3n) is 3.38. The Morgan fingerprint density at radius 2 is 2.10 bits per heavy atom. The standard InChI is InChI=1S/C15H18ClN3O2/c1-9-6-4-5-7-11(9)12(20)8-17-15(21)13-10(2)18-19(3)14(13)16/h4-7,12,20H,8H2,1-3H3,(H,17,21). The number of benzene rings is 1. The van der Waals surface area contributed by atoms with Crippen LogP contribution in [-0.4, -0.2) is 27.3 Å². The van der Waals surface area contributed by atoms with Crippen LogP contribution in [0.3, 0.4) is 0 Å². The lowest BCUT2D eigenvalue weighted by Gasteiger charge is -2.14. The molecule has 0 fully saturated rings. The Hall–Kier alpha value is -1.85. The summed E-state index contributed by atoms with van der Waals surface area (Å²) in [6.45, 7) is 3.76. The van der Waals surface area contributed by atoms with Crippen LogP contribution in [0.5, 0.6) is 0 Å². The van der Waals surface area contributed by atoms with Gasteiger partial charge in [0.05, 0.1) is 17.4 Å². The normalized spacial score (nSPS) is 12.2. The molecular formula is C15H18ClN3O2. The molecule has 0 aliphatic heterocycles. The van der Waals surface area contributed by atoms with Gasteiger partial charge in [-0.05, 0) is 25.0 Å². The Kier molecular flexibility index (Phi) is 4.65. The molecule has 1 aromatic carbocycles. The summed E-state index contributed by atoms with van der Waals surface area (Å²) in [6, 6.07) is 7.52. The van der Waals surface area contributed by atoms with Crippen molar-refractivity contribution in [1.29, 1.82) is 0 Å². The summed E-state index contributed by atoms with van der Waals surface area (Å²) in [5, 5.41) is 17.2. The van der Waals surface area contributed by atoms with Crippen molar-refractivity contribution in [3.05, 3.63) is 51.8 Å². The van der Waals surface area contributed by atoms with Crippen LogP contribution in [0.25, 0.3) is 0 Å². The Bertz CT molecular complexity index is 667. The molecule has 2 rings (SSSR count). The second-order valence-corrected chi connectivity index (χ2v) is 5.32. The maximum absolute atomic E-state index is 12.2. The summed E-state index contributed by atoms with van der Waals surface area (Å²) in [7, 11) is 1.67. The van der Waals surface area contributed by atoms with Gasteiger partial charge in [0.15, 0.2) is 0 Å². The third-order valence-corrected chi connectivity index (χ3v) is 3.82. The van der Waals surface area contributed by atoms with Gasteiger partial charge < -0.3 is 10.4 Å². The first-order chi connectivity index (χ1) is 9.91. The van der Waals surface area contributed by atoms with E-state index in [4.69, 9.17) is 11.6 Å². The first-order valence-electron chi connectivity index (χ1n) is 6.62. The first kappa shape index (κ1) is 15.5. The average Bonchev–Trinajstić information content (AvgIpc) is 2.70. The number of hydrogen-bond donors (Lipinski definition) is 2. The first-order valence-corrected chi connectivity index (χ1v) is 7.00. The Morgan fingerprint density at radius 3 is 2.67 bits per heavy atom. The van der Waals surface area contributed by atoms with Gasteiger partial charge in [-0.25, -0.2) is 0 Å². The van der Waals surface area contributed by atoms with Crippen LogP contribution < -0.4 is 5.32 Å². The van der Waals surface area contributed by atoms with E-state index < -0.39 is 6.10 Å². The van der Waals surface area contributed by atoms with Crippen molar-refractivity contribution in [1.82, 2.24) is 15.1 Å². The number of nitrogens with zero attached hydrogens (tertiary/aromatic N) is 2. The zero-order valence-corrected chi connectivity index (χ0v) is 13.0. The van der Waals surface area contributed by atoms with Crippen LogP contribution in [0.1, 0.15) is 33.3 Å². The largest absolute Gasteiger partial charge is 0.387 e. The number of aliphatic hydroxyl groups is 1. The highest BCUT2D eigenvalue weighted by molar-refractivity contribution is 6.33. The van der Waals surface area contributed by atoms with Crippen molar-refractivity contribution >= 4 is 17.5 Å². The quantitative estimate of drug-likeness (QED) is 0.909. The fourth-order valence-electron chi connectivity index (χ4n) is 2.24. The number of carbonyl (C=O) groups is 1. The zero-order valence-electron chi connectivity index (χ0n) is 12.2. The van der Waals surface area contributed by atoms with Crippen LogP contribution in [0, 0.1) is 13.8 Å². The van der Waals surface area contributed by atoms with Crippen molar-refractivity contribution in [3.63, 3.8) is 0 Å².